The van der Waals surface area contributed by atoms with E-state index in [4.69, 9.17) is 0 Å². The van der Waals surface area contributed by atoms with Crippen LogP contribution in [0.5, 0.6) is 0 Å². The Bertz CT molecular complexity index is 604. The van der Waals surface area contributed by atoms with Crippen molar-refractivity contribution in [3.05, 3.63) is 34.8 Å². The minimum Gasteiger partial charge on any atom is -0.356 e. The van der Waals surface area contributed by atoms with Crippen molar-refractivity contribution in [1.82, 2.24) is 10.3 Å². The SMILES string of the molecule is CNC1CCc2[nH]c3c(F)cc(F)c(F)c3c21. The van der Waals surface area contributed by atoms with E-state index in [0.717, 1.165) is 18.5 Å². The molecule has 17 heavy (non-hydrogen) atoms. The van der Waals surface area contributed by atoms with Gasteiger partial charge in [-0.1, -0.05) is 0 Å². The van der Waals surface area contributed by atoms with E-state index in [-0.39, 0.29) is 16.9 Å². The van der Waals surface area contributed by atoms with Gasteiger partial charge in [0.2, 0.25) is 0 Å². The lowest BCUT2D eigenvalue weighted by atomic mass is 10.1. The first-order chi connectivity index (χ1) is 8.13. The van der Waals surface area contributed by atoms with Crippen molar-refractivity contribution < 1.29 is 13.2 Å². The average Bonchev–Trinajstić information content (AvgIpc) is 2.84. The van der Waals surface area contributed by atoms with Gasteiger partial charge in [-0.3, -0.25) is 0 Å². The maximum atomic E-state index is 13.8. The molecule has 0 bridgehead atoms. The molecule has 2 nitrogen and oxygen atoms in total. The van der Waals surface area contributed by atoms with Gasteiger partial charge < -0.3 is 10.3 Å². The summed E-state index contributed by atoms with van der Waals surface area (Å²) in [5.74, 6) is -2.86. The average molecular weight is 240 g/mol. The molecule has 0 saturated carbocycles. The Kier molecular flexibility index (Phi) is 2.19. The predicted octanol–water partition coefficient (Wildman–Crippen LogP) is 2.79. The number of benzene rings is 1. The summed E-state index contributed by atoms with van der Waals surface area (Å²) in [6.45, 7) is 0. The summed E-state index contributed by atoms with van der Waals surface area (Å²) < 4.78 is 40.6. The molecule has 2 aromatic rings. The molecule has 0 saturated heterocycles. The zero-order chi connectivity index (χ0) is 12.2. The van der Waals surface area contributed by atoms with Crippen LogP contribution in [0.25, 0.3) is 10.9 Å². The van der Waals surface area contributed by atoms with Gasteiger partial charge in [-0.05, 0) is 19.9 Å². The van der Waals surface area contributed by atoms with E-state index in [1.54, 1.807) is 7.05 Å². The van der Waals surface area contributed by atoms with Gasteiger partial charge in [0.15, 0.2) is 11.6 Å². The number of hydrogen-bond donors (Lipinski definition) is 2. The zero-order valence-corrected chi connectivity index (χ0v) is 9.20. The highest BCUT2D eigenvalue weighted by molar-refractivity contribution is 5.87. The number of aromatic amines is 1. The molecule has 1 aromatic heterocycles. The molecule has 0 amide bonds. The minimum atomic E-state index is -1.14. The maximum Gasteiger partial charge on any atom is 0.168 e. The van der Waals surface area contributed by atoms with Gasteiger partial charge in [-0.25, -0.2) is 13.2 Å². The Morgan fingerprint density at radius 3 is 2.76 bits per heavy atom. The van der Waals surface area contributed by atoms with Crippen LogP contribution < -0.4 is 5.32 Å². The smallest absolute Gasteiger partial charge is 0.168 e. The molecule has 1 heterocycles. The van der Waals surface area contributed by atoms with E-state index in [9.17, 15) is 13.2 Å². The van der Waals surface area contributed by atoms with Crippen molar-refractivity contribution in [2.45, 2.75) is 18.9 Å². The Morgan fingerprint density at radius 2 is 2.06 bits per heavy atom. The fourth-order valence-corrected chi connectivity index (χ4v) is 2.64. The van der Waals surface area contributed by atoms with Crippen LogP contribution in [0.2, 0.25) is 0 Å². The number of rotatable bonds is 1. The molecule has 90 valence electrons. The van der Waals surface area contributed by atoms with Crippen molar-refractivity contribution in [1.29, 1.82) is 0 Å². The van der Waals surface area contributed by atoms with Crippen LogP contribution in [0, 0.1) is 17.5 Å². The molecule has 5 heteroatoms. The van der Waals surface area contributed by atoms with Crippen LogP contribution in [-0.4, -0.2) is 12.0 Å². The second kappa shape index (κ2) is 3.50. The lowest BCUT2D eigenvalue weighted by molar-refractivity contribution is 0.503. The zero-order valence-electron chi connectivity index (χ0n) is 9.20. The summed E-state index contributed by atoms with van der Waals surface area (Å²) in [7, 11) is 1.76. The van der Waals surface area contributed by atoms with Crippen LogP contribution in [0.3, 0.4) is 0 Å². The van der Waals surface area contributed by atoms with Gasteiger partial charge >= 0.3 is 0 Å². The third kappa shape index (κ3) is 1.32. The molecule has 0 fully saturated rings. The Labute approximate surface area is 95.8 Å². The summed E-state index contributed by atoms with van der Waals surface area (Å²) >= 11 is 0. The summed E-state index contributed by atoms with van der Waals surface area (Å²) in [6, 6.07) is 0.534. The van der Waals surface area contributed by atoms with Gasteiger partial charge in [0.25, 0.3) is 0 Å². The Morgan fingerprint density at radius 1 is 1.29 bits per heavy atom. The molecule has 0 spiro atoms. The molecule has 1 aliphatic rings. The quantitative estimate of drug-likeness (QED) is 0.737. The number of hydrogen-bond acceptors (Lipinski definition) is 1. The van der Waals surface area contributed by atoms with Crippen molar-refractivity contribution in [3.8, 4) is 0 Å². The second-order valence-corrected chi connectivity index (χ2v) is 4.30. The van der Waals surface area contributed by atoms with Gasteiger partial charge in [0.1, 0.15) is 5.82 Å². The molecule has 2 N–H and O–H groups in total. The summed E-state index contributed by atoms with van der Waals surface area (Å²) in [5.41, 5.74) is 1.52. The number of halogens is 3. The number of nitrogens with one attached hydrogen (secondary N) is 2. The Hall–Kier alpha value is -1.49. The first-order valence-corrected chi connectivity index (χ1v) is 5.48. The third-order valence-corrected chi connectivity index (χ3v) is 3.42. The summed E-state index contributed by atoms with van der Waals surface area (Å²) in [5, 5.41) is 3.08. The molecule has 0 radical (unpaired) electrons. The lowest BCUT2D eigenvalue weighted by Crippen LogP contribution is -2.13. The molecular weight excluding hydrogens is 229 g/mol. The van der Waals surface area contributed by atoms with Crippen LogP contribution in [-0.2, 0) is 6.42 Å². The Balaban J connectivity index is 2.41. The molecular formula is C12H11F3N2. The molecule has 1 atom stereocenters. The highest BCUT2D eigenvalue weighted by Gasteiger charge is 2.29. The number of aryl methyl sites for hydroxylation is 1. The topological polar surface area (TPSA) is 27.8 Å². The monoisotopic (exact) mass is 240 g/mol. The minimum absolute atomic E-state index is 0.0468. The molecule has 1 aliphatic carbocycles. The highest BCUT2D eigenvalue weighted by Crippen LogP contribution is 2.39. The number of H-pyrrole nitrogens is 1. The van der Waals surface area contributed by atoms with Crippen molar-refractivity contribution in [2.75, 3.05) is 7.05 Å². The van der Waals surface area contributed by atoms with Gasteiger partial charge in [-0.2, -0.15) is 0 Å². The lowest BCUT2D eigenvalue weighted by Gasteiger charge is -2.09. The van der Waals surface area contributed by atoms with E-state index in [0.29, 0.717) is 11.6 Å². The van der Waals surface area contributed by atoms with E-state index in [1.165, 1.54) is 0 Å². The number of fused-ring (bicyclic) bond motifs is 3. The first kappa shape index (κ1) is 10.7. The normalized spacial score (nSPS) is 18.9. The van der Waals surface area contributed by atoms with Crippen molar-refractivity contribution in [2.24, 2.45) is 0 Å². The van der Waals surface area contributed by atoms with E-state index in [1.807, 2.05) is 0 Å². The molecule has 1 aromatic carbocycles. The van der Waals surface area contributed by atoms with E-state index >= 15 is 0 Å². The molecule has 1 unspecified atom stereocenters. The third-order valence-electron chi connectivity index (χ3n) is 3.42. The van der Waals surface area contributed by atoms with Gasteiger partial charge in [0, 0.05) is 28.8 Å². The van der Waals surface area contributed by atoms with E-state index < -0.39 is 17.5 Å². The van der Waals surface area contributed by atoms with Crippen LogP contribution in [0.1, 0.15) is 23.7 Å². The first-order valence-electron chi connectivity index (χ1n) is 5.48. The highest BCUT2D eigenvalue weighted by atomic mass is 19.2. The maximum absolute atomic E-state index is 13.8. The van der Waals surface area contributed by atoms with Crippen LogP contribution in [0.15, 0.2) is 6.07 Å². The van der Waals surface area contributed by atoms with Crippen molar-refractivity contribution >= 4 is 10.9 Å². The largest absolute Gasteiger partial charge is 0.356 e. The predicted molar refractivity (Wildman–Crippen MR) is 58.3 cm³/mol. The standard InChI is InChI=1S/C12H11F3N2/c1-16-7-2-3-8-9(7)10-11(15)5(13)4-6(14)12(10)17-8/h4,7,16-17H,2-3H2,1H3. The number of aromatic nitrogens is 1. The van der Waals surface area contributed by atoms with Crippen molar-refractivity contribution in [3.63, 3.8) is 0 Å². The summed E-state index contributed by atoms with van der Waals surface area (Å²) in [4.78, 5) is 2.86. The molecule has 0 aliphatic heterocycles. The van der Waals surface area contributed by atoms with Crippen LogP contribution in [0.4, 0.5) is 13.2 Å². The van der Waals surface area contributed by atoms with Gasteiger partial charge in [-0.15, -0.1) is 0 Å². The van der Waals surface area contributed by atoms with Crippen LogP contribution >= 0.6 is 0 Å². The second-order valence-electron chi connectivity index (χ2n) is 4.30. The fourth-order valence-electron chi connectivity index (χ4n) is 2.64. The fraction of sp³-hybridized carbons (Fsp3) is 0.333. The van der Waals surface area contributed by atoms with Gasteiger partial charge in [0.05, 0.1) is 5.52 Å². The summed E-state index contributed by atoms with van der Waals surface area (Å²) in [6.07, 6.45) is 1.53. The van der Waals surface area contributed by atoms with E-state index in [2.05, 4.69) is 10.3 Å². The molecule has 3 rings (SSSR count).